The van der Waals surface area contributed by atoms with Gasteiger partial charge in [0.25, 0.3) is 0 Å². The molecule has 167 valence electrons. The zero-order valence-corrected chi connectivity index (χ0v) is 19.5. The molecule has 0 fully saturated rings. The van der Waals surface area contributed by atoms with Gasteiger partial charge >= 0.3 is 17.1 Å². The summed E-state index contributed by atoms with van der Waals surface area (Å²) in [5.74, 6) is -3.39. The van der Waals surface area contributed by atoms with Crippen LogP contribution in [-0.4, -0.2) is 17.9 Å². The van der Waals surface area contributed by atoms with Gasteiger partial charge in [-0.2, -0.15) is 0 Å². The van der Waals surface area contributed by atoms with Gasteiger partial charge in [-0.15, -0.1) is 0 Å². The van der Waals surface area contributed by atoms with Gasteiger partial charge in [-0.25, -0.2) is 0 Å². The number of carboxylic acid groups (broad SMARTS) is 3. The maximum Gasteiger partial charge on any atom is 3.00 e. The number of carbonyl (C=O) groups is 3. The van der Waals surface area contributed by atoms with Crippen molar-refractivity contribution in [1.29, 1.82) is 0 Å². The smallest absolute Gasteiger partial charge is 0.550 e. The molecule has 0 N–H and O–H groups in total. The minimum Gasteiger partial charge on any atom is -0.550 e. The largest absolute Gasteiger partial charge is 3.00 e. The molecule has 0 aliphatic rings. The molecule has 6 nitrogen and oxygen atoms in total. The van der Waals surface area contributed by atoms with E-state index in [1.807, 2.05) is 41.5 Å². The molecule has 0 aliphatic heterocycles. The van der Waals surface area contributed by atoms with Gasteiger partial charge in [0.2, 0.25) is 0 Å². The van der Waals surface area contributed by atoms with Crippen LogP contribution in [0.25, 0.3) is 0 Å². The molecule has 28 heavy (non-hydrogen) atoms. The zero-order valence-electron chi connectivity index (χ0n) is 18.4. The molecule has 0 saturated heterocycles. The van der Waals surface area contributed by atoms with Gasteiger partial charge < -0.3 is 29.7 Å². The van der Waals surface area contributed by atoms with Crippen LogP contribution in [0.3, 0.4) is 0 Å². The second kappa shape index (κ2) is 24.0. The van der Waals surface area contributed by atoms with Crippen LogP contribution < -0.4 is 15.3 Å². The molecule has 0 aromatic heterocycles. The van der Waals surface area contributed by atoms with Gasteiger partial charge in [0.15, 0.2) is 0 Å². The van der Waals surface area contributed by atoms with Crippen molar-refractivity contribution in [3.05, 3.63) is 0 Å². The van der Waals surface area contributed by atoms with Crippen molar-refractivity contribution in [3.63, 3.8) is 0 Å². The van der Waals surface area contributed by atoms with Crippen LogP contribution in [0, 0.1) is 17.8 Å². The number of rotatable bonds is 12. The Morgan fingerprint density at radius 1 is 0.536 bits per heavy atom. The first kappa shape index (κ1) is 34.4. The second-order valence-corrected chi connectivity index (χ2v) is 6.64. The minimum absolute atomic E-state index is 0. The molecular weight excluding hydrogens is 404 g/mol. The van der Waals surface area contributed by atoms with Crippen LogP contribution >= 0.6 is 0 Å². The van der Waals surface area contributed by atoms with E-state index in [1.54, 1.807) is 0 Å². The van der Waals surface area contributed by atoms with Gasteiger partial charge in [-0.3, -0.25) is 0 Å². The Bertz CT molecular complexity index is 330. The first-order valence-electron chi connectivity index (χ1n) is 10.3. The molecule has 1 radical (unpaired) electrons. The first-order chi connectivity index (χ1) is 12.7. The topological polar surface area (TPSA) is 120 Å². The number of hydrogen-bond acceptors (Lipinski definition) is 6. The molecule has 0 rings (SSSR count). The summed E-state index contributed by atoms with van der Waals surface area (Å²) in [7, 11) is 0. The third-order valence-electron chi connectivity index (χ3n) is 4.39. The van der Waals surface area contributed by atoms with Gasteiger partial charge in [0, 0.05) is 17.9 Å². The summed E-state index contributed by atoms with van der Waals surface area (Å²) < 4.78 is 0. The Morgan fingerprint density at radius 3 is 0.750 bits per heavy atom. The molecule has 0 amide bonds. The van der Waals surface area contributed by atoms with E-state index >= 15 is 0 Å². The molecule has 0 heterocycles. The molecule has 0 bridgehead atoms. The van der Waals surface area contributed by atoms with E-state index in [-0.39, 0.29) is 34.8 Å². The second-order valence-electron chi connectivity index (χ2n) is 6.64. The van der Waals surface area contributed by atoms with Crippen molar-refractivity contribution in [2.24, 2.45) is 17.8 Å². The predicted octanol–water partition coefficient (Wildman–Crippen LogP) is 1.69. The third kappa shape index (κ3) is 21.2. The SMILES string of the molecule is CCCC(CC)C(=O)[O-].CCCC(CC)C(=O)[O-].CCCC(CC)C(=O)[O-].[Fe+3]. The molecule has 3 atom stereocenters. The van der Waals surface area contributed by atoms with Crippen molar-refractivity contribution < 1.29 is 46.8 Å². The van der Waals surface area contributed by atoms with E-state index in [9.17, 15) is 29.7 Å². The van der Waals surface area contributed by atoms with Crippen LogP contribution in [-0.2, 0) is 31.5 Å². The van der Waals surface area contributed by atoms with Gasteiger partial charge in [0.1, 0.15) is 0 Å². The van der Waals surface area contributed by atoms with Crippen molar-refractivity contribution >= 4 is 17.9 Å². The van der Waals surface area contributed by atoms with E-state index < -0.39 is 17.9 Å². The Kier molecular flexibility index (Phi) is 29.5. The summed E-state index contributed by atoms with van der Waals surface area (Å²) in [6.45, 7) is 11.5. The van der Waals surface area contributed by atoms with E-state index in [4.69, 9.17) is 0 Å². The number of hydrogen-bond donors (Lipinski definition) is 0. The average molecular weight is 443 g/mol. The van der Waals surface area contributed by atoms with Crippen LogP contribution in [0.1, 0.15) is 99.3 Å². The fraction of sp³-hybridized carbons (Fsp3) is 0.857. The first-order valence-corrected chi connectivity index (χ1v) is 10.3. The molecule has 0 spiro atoms. The van der Waals surface area contributed by atoms with Gasteiger partial charge in [0.05, 0.1) is 0 Å². The quantitative estimate of drug-likeness (QED) is 0.423. The maximum absolute atomic E-state index is 10.2. The normalized spacial score (nSPS) is 12.6. The van der Waals surface area contributed by atoms with E-state index in [0.29, 0.717) is 19.3 Å². The molecule has 0 aliphatic carbocycles. The minimum atomic E-state index is -0.903. The molecular formula is C21H39FeO6. The van der Waals surface area contributed by atoms with Crippen LogP contribution in [0.5, 0.6) is 0 Å². The standard InChI is InChI=1S/3C7H14O2.Fe/c3*1-3-5-6(4-2)7(8)9;/h3*6H,3-5H2,1-2H3,(H,8,9);/q;;;+3/p-3. The Labute approximate surface area is 182 Å². The summed E-state index contributed by atoms with van der Waals surface area (Å²) in [5.41, 5.74) is 0. The Hall–Kier alpha value is -1.07. The summed E-state index contributed by atoms with van der Waals surface area (Å²) >= 11 is 0. The Morgan fingerprint density at radius 2 is 0.714 bits per heavy atom. The fourth-order valence-electron chi connectivity index (χ4n) is 2.51. The monoisotopic (exact) mass is 443 g/mol. The van der Waals surface area contributed by atoms with Crippen LogP contribution in [0.2, 0.25) is 0 Å². The van der Waals surface area contributed by atoms with Crippen molar-refractivity contribution in [2.75, 3.05) is 0 Å². The summed E-state index contributed by atoms with van der Waals surface area (Å²) in [4.78, 5) is 30.6. The summed E-state index contributed by atoms with van der Waals surface area (Å²) in [6.07, 6.45) is 7.09. The van der Waals surface area contributed by atoms with Crippen LogP contribution in [0.4, 0.5) is 0 Å². The molecule has 0 saturated carbocycles. The van der Waals surface area contributed by atoms with Crippen molar-refractivity contribution in [2.45, 2.75) is 99.3 Å². The molecule has 0 aromatic carbocycles. The van der Waals surface area contributed by atoms with Crippen molar-refractivity contribution in [1.82, 2.24) is 0 Å². The molecule has 0 aromatic rings. The Balaban J connectivity index is -0.000000152. The van der Waals surface area contributed by atoms with Crippen molar-refractivity contribution in [3.8, 4) is 0 Å². The molecule has 3 unspecified atom stereocenters. The predicted molar refractivity (Wildman–Crippen MR) is 101 cm³/mol. The third-order valence-corrected chi connectivity index (χ3v) is 4.39. The molecule has 7 heteroatoms. The number of carboxylic acids is 3. The van der Waals surface area contributed by atoms with Gasteiger partial charge in [-0.1, -0.05) is 60.8 Å². The number of carbonyl (C=O) groups excluding carboxylic acids is 3. The van der Waals surface area contributed by atoms with E-state index in [2.05, 4.69) is 0 Å². The summed E-state index contributed by atoms with van der Waals surface area (Å²) in [6, 6.07) is 0. The number of aliphatic carboxylic acids is 3. The van der Waals surface area contributed by atoms with Gasteiger partial charge in [-0.05, 0) is 56.3 Å². The van der Waals surface area contributed by atoms with Crippen LogP contribution in [0.15, 0.2) is 0 Å². The fourth-order valence-corrected chi connectivity index (χ4v) is 2.51. The average Bonchev–Trinajstić information content (AvgIpc) is 2.62. The summed E-state index contributed by atoms with van der Waals surface area (Å²) in [5, 5.41) is 30.6. The zero-order chi connectivity index (χ0) is 21.8. The van der Waals surface area contributed by atoms with E-state index in [0.717, 1.165) is 38.5 Å². The maximum atomic E-state index is 10.2. The van der Waals surface area contributed by atoms with E-state index in [1.165, 1.54) is 0 Å².